The van der Waals surface area contributed by atoms with Crippen molar-refractivity contribution in [1.29, 1.82) is 0 Å². The van der Waals surface area contributed by atoms with Gasteiger partial charge in [-0.15, -0.1) is 0 Å². The van der Waals surface area contributed by atoms with E-state index in [2.05, 4.69) is 55.2 Å². The van der Waals surface area contributed by atoms with Gasteiger partial charge in [0.05, 0.1) is 5.69 Å². The molecule has 0 amide bonds. The van der Waals surface area contributed by atoms with Crippen LogP contribution in [0.2, 0.25) is 0 Å². The van der Waals surface area contributed by atoms with Crippen molar-refractivity contribution in [2.45, 2.75) is 19.8 Å². The van der Waals surface area contributed by atoms with Gasteiger partial charge in [-0.2, -0.15) is 0 Å². The minimum Gasteiger partial charge on any atom is -0.455 e. The van der Waals surface area contributed by atoms with Crippen molar-refractivity contribution >= 4 is 21.9 Å². The molecule has 4 aromatic rings. The molecule has 2 heterocycles. The lowest BCUT2D eigenvalue weighted by Crippen LogP contribution is -1.90. The Balaban J connectivity index is 1.94. The topological polar surface area (TPSA) is 26.0 Å². The monoisotopic (exact) mass is 287 g/mol. The highest BCUT2D eigenvalue weighted by Gasteiger charge is 2.12. The summed E-state index contributed by atoms with van der Waals surface area (Å²) in [6, 6.07) is 18.6. The van der Waals surface area contributed by atoms with Gasteiger partial charge in [0, 0.05) is 22.5 Å². The van der Waals surface area contributed by atoms with Crippen LogP contribution < -0.4 is 0 Å². The fourth-order valence-corrected chi connectivity index (χ4v) is 2.86. The zero-order chi connectivity index (χ0) is 15.1. The summed E-state index contributed by atoms with van der Waals surface area (Å²) in [5.41, 5.74) is 5.08. The third-order valence-electron chi connectivity index (χ3n) is 4.13. The Kier molecular flexibility index (Phi) is 2.97. The van der Waals surface area contributed by atoms with Crippen molar-refractivity contribution in [2.24, 2.45) is 0 Å². The predicted octanol–water partition coefficient (Wildman–Crippen LogP) is 5.77. The molecule has 0 radical (unpaired) electrons. The van der Waals surface area contributed by atoms with E-state index in [1.807, 2.05) is 24.4 Å². The van der Waals surface area contributed by atoms with Crippen molar-refractivity contribution < 1.29 is 4.42 Å². The van der Waals surface area contributed by atoms with E-state index < -0.39 is 0 Å². The number of hydrogen-bond donors (Lipinski definition) is 0. The molecule has 0 spiro atoms. The van der Waals surface area contributed by atoms with E-state index in [-0.39, 0.29) is 0 Å². The van der Waals surface area contributed by atoms with E-state index in [4.69, 9.17) is 4.42 Å². The first-order valence-electron chi connectivity index (χ1n) is 7.60. The Hall–Kier alpha value is -2.61. The van der Waals surface area contributed by atoms with Crippen LogP contribution in [0.3, 0.4) is 0 Å². The molecule has 22 heavy (non-hydrogen) atoms. The number of furan rings is 1. The van der Waals surface area contributed by atoms with Gasteiger partial charge in [0.25, 0.3) is 0 Å². The highest BCUT2D eigenvalue weighted by molar-refractivity contribution is 6.09. The minimum atomic E-state index is 0.489. The van der Waals surface area contributed by atoms with Gasteiger partial charge in [-0.25, -0.2) is 0 Å². The van der Waals surface area contributed by atoms with Gasteiger partial charge < -0.3 is 4.42 Å². The normalized spacial score (nSPS) is 11.6. The van der Waals surface area contributed by atoms with Gasteiger partial charge in [0.1, 0.15) is 11.2 Å². The lowest BCUT2D eigenvalue weighted by atomic mass is 10.0. The standard InChI is InChI=1S/C20H17NO/c1-13(2)14-10-11-18(21-12-14)17-8-5-7-16-15-6-3-4-9-19(15)22-20(16)17/h3-13H,1-2H3. The third-order valence-corrected chi connectivity index (χ3v) is 4.13. The molecule has 0 unspecified atom stereocenters. The van der Waals surface area contributed by atoms with Gasteiger partial charge in [-0.3, -0.25) is 4.98 Å². The predicted molar refractivity (Wildman–Crippen MR) is 91.0 cm³/mol. The molecule has 0 aliphatic rings. The molecule has 108 valence electrons. The van der Waals surface area contributed by atoms with E-state index in [0.29, 0.717) is 5.92 Å². The van der Waals surface area contributed by atoms with Gasteiger partial charge in [0.15, 0.2) is 0 Å². The van der Waals surface area contributed by atoms with Crippen LogP contribution in [0.25, 0.3) is 33.2 Å². The first-order chi connectivity index (χ1) is 10.7. The SMILES string of the molecule is CC(C)c1ccc(-c2cccc3c2oc2ccccc23)nc1. The van der Waals surface area contributed by atoms with Crippen LogP contribution in [0, 0.1) is 0 Å². The largest absolute Gasteiger partial charge is 0.455 e. The lowest BCUT2D eigenvalue weighted by Gasteiger charge is -2.06. The van der Waals surface area contributed by atoms with E-state index in [0.717, 1.165) is 33.2 Å². The van der Waals surface area contributed by atoms with Crippen LogP contribution in [0.5, 0.6) is 0 Å². The first-order valence-corrected chi connectivity index (χ1v) is 7.60. The summed E-state index contributed by atoms with van der Waals surface area (Å²) in [5.74, 6) is 0.489. The lowest BCUT2D eigenvalue weighted by molar-refractivity contribution is 0.670. The zero-order valence-corrected chi connectivity index (χ0v) is 12.7. The molecule has 2 aromatic heterocycles. The highest BCUT2D eigenvalue weighted by atomic mass is 16.3. The molecule has 0 bridgehead atoms. The summed E-state index contributed by atoms with van der Waals surface area (Å²) >= 11 is 0. The molecule has 2 aromatic carbocycles. The second-order valence-electron chi connectivity index (χ2n) is 5.91. The number of fused-ring (bicyclic) bond motifs is 3. The van der Waals surface area contributed by atoms with Crippen LogP contribution in [-0.2, 0) is 0 Å². The van der Waals surface area contributed by atoms with E-state index in [1.165, 1.54) is 5.56 Å². The van der Waals surface area contributed by atoms with Crippen molar-refractivity contribution in [1.82, 2.24) is 4.98 Å². The van der Waals surface area contributed by atoms with Crippen molar-refractivity contribution in [2.75, 3.05) is 0 Å². The molecule has 4 rings (SSSR count). The molecule has 2 nitrogen and oxygen atoms in total. The first kappa shape index (κ1) is 13.1. The van der Waals surface area contributed by atoms with Crippen LogP contribution in [-0.4, -0.2) is 4.98 Å². The van der Waals surface area contributed by atoms with Gasteiger partial charge >= 0.3 is 0 Å². The Morgan fingerprint density at radius 3 is 2.45 bits per heavy atom. The molecule has 0 N–H and O–H groups in total. The minimum absolute atomic E-state index is 0.489. The molecule has 0 saturated carbocycles. The maximum atomic E-state index is 6.08. The number of hydrogen-bond acceptors (Lipinski definition) is 2. The number of aromatic nitrogens is 1. The Labute approximate surface area is 129 Å². The average molecular weight is 287 g/mol. The molecule has 0 fully saturated rings. The summed E-state index contributed by atoms with van der Waals surface area (Å²) in [6.45, 7) is 4.35. The van der Waals surface area contributed by atoms with Crippen LogP contribution in [0.15, 0.2) is 65.2 Å². The summed E-state index contributed by atoms with van der Waals surface area (Å²) in [5, 5.41) is 2.29. The fraction of sp³-hybridized carbons (Fsp3) is 0.150. The molecule has 0 aliphatic heterocycles. The van der Waals surface area contributed by atoms with Crippen LogP contribution in [0.1, 0.15) is 25.3 Å². The van der Waals surface area contributed by atoms with E-state index in [1.54, 1.807) is 0 Å². The smallest absolute Gasteiger partial charge is 0.144 e. The van der Waals surface area contributed by atoms with Crippen LogP contribution in [0.4, 0.5) is 0 Å². The maximum Gasteiger partial charge on any atom is 0.144 e. The van der Waals surface area contributed by atoms with E-state index in [9.17, 15) is 0 Å². The molecule has 2 heteroatoms. The Morgan fingerprint density at radius 2 is 1.68 bits per heavy atom. The van der Waals surface area contributed by atoms with Gasteiger partial charge in [-0.05, 0) is 29.7 Å². The Bertz CT molecular complexity index is 948. The van der Waals surface area contributed by atoms with Crippen molar-refractivity contribution in [3.63, 3.8) is 0 Å². The number of para-hydroxylation sites is 2. The van der Waals surface area contributed by atoms with Crippen LogP contribution >= 0.6 is 0 Å². The molecule has 0 atom stereocenters. The van der Waals surface area contributed by atoms with Crippen molar-refractivity contribution in [3.8, 4) is 11.3 Å². The summed E-state index contributed by atoms with van der Waals surface area (Å²) < 4.78 is 6.08. The van der Waals surface area contributed by atoms with Gasteiger partial charge in [0.2, 0.25) is 0 Å². The highest BCUT2D eigenvalue weighted by Crippen LogP contribution is 2.35. The molecular formula is C20H17NO. The second kappa shape index (κ2) is 4.99. The summed E-state index contributed by atoms with van der Waals surface area (Å²) in [4.78, 5) is 4.63. The zero-order valence-electron chi connectivity index (χ0n) is 12.7. The third kappa shape index (κ3) is 2.00. The Morgan fingerprint density at radius 1 is 0.864 bits per heavy atom. The average Bonchev–Trinajstić information content (AvgIpc) is 2.93. The fourth-order valence-electron chi connectivity index (χ4n) is 2.86. The van der Waals surface area contributed by atoms with Crippen molar-refractivity contribution in [3.05, 3.63) is 66.4 Å². The molecular weight excluding hydrogens is 270 g/mol. The number of benzene rings is 2. The quantitative estimate of drug-likeness (QED) is 0.467. The summed E-state index contributed by atoms with van der Waals surface area (Å²) in [7, 11) is 0. The van der Waals surface area contributed by atoms with E-state index >= 15 is 0 Å². The number of rotatable bonds is 2. The second-order valence-corrected chi connectivity index (χ2v) is 5.91. The number of nitrogens with zero attached hydrogens (tertiary/aromatic N) is 1. The van der Waals surface area contributed by atoms with Gasteiger partial charge in [-0.1, -0.05) is 50.2 Å². The molecule has 0 aliphatic carbocycles. The molecule has 0 saturated heterocycles. The maximum absolute atomic E-state index is 6.08. The summed E-state index contributed by atoms with van der Waals surface area (Å²) in [6.07, 6.45) is 1.96. The number of pyridine rings is 1.